The zero-order chi connectivity index (χ0) is 19.1. The molecule has 0 radical (unpaired) electrons. The Kier molecular flexibility index (Phi) is 4.81. The molecule has 2 fully saturated rings. The van der Waals surface area contributed by atoms with Gasteiger partial charge < -0.3 is 10.1 Å². The quantitative estimate of drug-likeness (QED) is 0.607. The predicted molar refractivity (Wildman–Crippen MR) is 101 cm³/mol. The molecule has 0 aromatic carbocycles. The summed E-state index contributed by atoms with van der Waals surface area (Å²) in [7, 11) is 1.71. The van der Waals surface area contributed by atoms with E-state index >= 15 is 0 Å². The molecule has 3 rings (SSSR count). The van der Waals surface area contributed by atoms with Gasteiger partial charge in [0.2, 0.25) is 0 Å². The molecule has 2 atom stereocenters. The first-order valence-electron chi connectivity index (χ1n) is 8.87. The van der Waals surface area contributed by atoms with Crippen LogP contribution in [-0.4, -0.2) is 35.6 Å². The van der Waals surface area contributed by atoms with Crippen molar-refractivity contribution >= 4 is 34.1 Å². The van der Waals surface area contributed by atoms with Gasteiger partial charge in [-0.1, -0.05) is 20.8 Å². The topological polar surface area (TPSA) is 92.7 Å². The summed E-state index contributed by atoms with van der Waals surface area (Å²) < 4.78 is 9.24. The third kappa shape index (κ3) is 2.90. The van der Waals surface area contributed by atoms with Crippen LogP contribution in [0.4, 0.5) is 5.00 Å². The number of hydrogen-bond donors (Lipinski definition) is 2. The smallest absolute Gasteiger partial charge is 0.343 e. The molecule has 26 heavy (non-hydrogen) atoms. The average Bonchev–Trinajstić information content (AvgIpc) is 3.14. The van der Waals surface area contributed by atoms with Crippen molar-refractivity contribution in [2.75, 3.05) is 19.0 Å². The van der Waals surface area contributed by atoms with Crippen molar-refractivity contribution in [1.82, 2.24) is 9.80 Å². The second-order valence-corrected chi connectivity index (χ2v) is 8.66. The molecule has 1 aromatic heterocycles. The summed E-state index contributed by atoms with van der Waals surface area (Å²) in [5, 5.41) is 7.91. The lowest BCUT2D eigenvalue weighted by atomic mass is 9.70. The van der Waals surface area contributed by atoms with Crippen molar-refractivity contribution in [2.45, 2.75) is 47.0 Å². The monoisotopic (exact) mass is 378 g/mol. The van der Waals surface area contributed by atoms with Crippen LogP contribution in [-0.2, 0) is 9.53 Å². The minimum Gasteiger partial charge on any atom is -0.452 e. The third-order valence-electron chi connectivity index (χ3n) is 6.46. The SMILES string of the molecule is CNc1snc(C)c1C(=O)OCC(=O)NN=C1CC2CCC1(C)C2(C)C. The van der Waals surface area contributed by atoms with E-state index in [4.69, 9.17) is 4.74 Å². The number of anilines is 1. The van der Waals surface area contributed by atoms with Gasteiger partial charge >= 0.3 is 5.97 Å². The van der Waals surface area contributed by atoms with Crippen LogP contribution in [0.15, 0.2) is 5.10 Å². The fraction of sp³-hybridized carbons (Fsp3) is 0.667. The number of aromatic nitrogens is 1. The number of aryl methyl sites for hydroxylation is 1. The van der Waals surface area contributed by atoms with Gasteiger partial charge in [-0.25, -0.2) is 10.2 Å². The van der Waals surface area contributed by atoms with Gasteiger partial charge in [0.05, 0.1) is 5.69 Å². The van der Waals surface area contributed by atoms with Crippen molar-refractivity contribution in [2.24, 2.45) is 21.8 Å². The maximum Gasteiger partial charge on any atom is 0.343 e. The molecule has 2 saturated carbocycles. The molecule has 1 aromatic rings. The number of hydrogen-bond acceptors (Lipinski definition) is 7. The Morgan fingerprint density at radius 3 is 2.69 bits per heavy atom. The Bertz CT molecular complexity index is 770. The number of esters is 1. The highest BCUT2D eigenvalue weighted by atomic mass is 32.1. The van der Waals surface area contributed by atoms with E-state index in [9.17, 15) is 9.59 Å². The Balaban J connectivity index is 1.57. The second kappa shape index (κ2) is 6.64. The largest absolute Gasteiger partial charge is 0.452 e. The van der Waals surface area contributed by atoms with E-state index in [2.05, 4.69) is 41.0 Å². The molecule has 2 unspecified atom stereocenters. The first kappa shape index (κ1) is 18.8. The fourth-order valence-electron chi connectivity index (χ4n) is 4.24. The Morgan fingerprint density at radius 1 is 1.38 bits per heavy atom. The summed E-state index contributed by atoms with van der Waals surface area (Å²) in [4.78, 5) is 24.3. The van der Waals surface area contributed by atoms with Crippen LogP contribution >= 0.6 is 11.5 Å². The molecule has 1 amide bonds. The summed E-state index contributed by atoms with van der Waals surface area (Å²) in [5.41, 5.74) is 4.80. The number of carbonyl (C=O) groups excluding carboxylic acids is 2. The van der Waals surface area contributed by atoms with Gasteiger partial charge in [-0.15, -0.1) is 0 Å². The highest BCUT2D eigenvalue weighted by Gasteiger charge is 2.60. The van der Waals surface area contributed by atoms with E-state index in [1.807, 2.05) is 0 Å². The molecule has 0 saturated heterocycles. The van der Waals surface area contributed by atoms with Crippen LogP contribution in [0.2, 0.25) is 0 Å². The molecule has 0 aliphatic heterocycles. The lowest BCUT2D eigenvalue weighted by Gasteiger charge is -2.34. The molecule has 8 heteroatoms. The zero-order valence-electron chi connectivity index (χ0n) is 15.9. The van der Waals surface area contributed by atoms with Crippen molar-refractivity contribution in [3.05, 3.63) is 11.3 Å². The van der Waals surface area contributed by atoms with Crippen LogP contribution in [0.1, 0.15) is 56.1 Å². The summed E-state index contributed by atoms with van der Waals surface area (Å²) in [6.07, 6.45) is 3.25. The molecular weight excluding hydrogens is 352 g/mol. The lowest BCUT2D eigenvalue weighted by molar-refractivity contribution is -0.124. The van der Waals surface area contributed by atoms with Gasteiger partial charge in [0, 0.05) is 18.2 Å². The van der Waals surface area contributed by atoms with Crippen LogP contribution in [0.5, 0.6) is 0 Å². The number of carbonyl (C=O) groups is 2. The van der Waals surface area contributed by atoms with Crippen molar-refractivity contribution in [1.29, 1.82) is 0 Å². The summed E-state index contributed by atoms with van der Waals surface area (Å²) in [6.45, 7) is 8.17. The standard InChI is InChI=1S/C18H26N4O3S/c1-10-14(15(19-5)26-22-10)16(24)25-9-13(23)21-20-12-8-11-6-7-18(12,4)17(11,2)3/h11,19H,6-9H2,1-5H3,(H,21,23). The number of fused-ring (bicyclic) bond motifs is 2. The predicted octanol–water partition coefficient (Wildman–Crippen LogP) is 2.97. The highest BCUT2D eigenvalue weighted by Crippen LogP contribution is 2.63. The van der Waals surface area contributed by atoms with E-state index in [-0.39, 0.29) is 17.4 Å². The van der Waals surface area contributed by atoms with Crippen molar-refractivity contribution in [3.63, 3.8) is 0 Å². The minimum absolute atomic E-state index is 0.0305. The fourth-order valence-corrected chi connectivity index (χ4v) is 4.98. The molecule has 0 spiro atoms. The summed E-state index contributed by atoms with van der Waals surface area (Å²) in [6, 6.07) is 0. The normalized spacial score (nSPS) is 27.6. The van der Waals surface area contributed by atoms with Crippen LogP contribution in [0, 0.1) is 23.7 Å². The van der Waals surface area contributed by atoms with Gasteiger partial charge in [0.15, 0.2) is 6.61 Å². The molecular formula is C18H26N4O3S. The van der Waals surface area contributed by atoms with Crippen molar-refractivity contribution in [3.8, 4) is 0 Å². The van der Waals surface area contributed by atoms with E-state index < -0.39 is 11.9 Å². The van der Waals surface area contributed by atoms with Gasteiger partial charge in [-0.05, 0) is 49.1 Å². The third-order valence-corrected chi connectivity index (χ3v) is 7.41. The van der Waals surface area contributed by atoms with E-state index in [0.29, 0.717) is 22.2 Å². The van der Waals surface area contributed by atoms with Crippen molar-refractivity contribution < 1.29 is 14.3 Å². The van der Waals surface area contributed by atoms with Crippen LogP contribution in [0.3, 0.4) is 0 Å². The number of amides is 1. The molecule has 7 nitrogen and oxygen atoms in total. The maximum atomic E-state index is 12.2. The lowest BCUT2D eigenvalue weighted by Crippen LogP contribution is -2.35. The molecule has 2 aliphatic rings. The van der Waals surface area contributed by atoms with E-state index in [1.165, 1.54) is 18.0 Å². The molecule has 142 valence electrons. The summed E-state index contributed by atoms with van der Waals surface area (Å²) in [5.74, 6) is -0.367. The first-order chi connectivity index (χ1) is 12.2. The molecule has 2 N–H and O–H groups in total. The number of nitrogens with zero attached hydrogens (tertiary/aromatic N) is 2. The van der Waals surface area contributed by atoms with Gasteiger partial charge in [0.1, 0.15) is 10.6 Å². The Hall–Kier alpha value is -1.96. The summed E-state index contributed by atoms with van der Waals surface area (Å²) >= 11 is 1.19. The van der Waals surface area contributed by atoms with Crippen LogP contribution < -0.4 is 10.7 Å². The first-order valence-corrected chi connectivity index (χ1v) is 9.65. The average molecular weight is 378 g/mol. The van der Waals surface area contributed by atoms with E-state index in [0.717, 1.165) is 18.6 Å². The number of nitrogens with one attached hydrogen (secondary N) is 2. The van der Waals surface area contributed by atoms with Gasteiger partial charge in [-0.3, -0.25) is 4.79 Å². The van der Waals surface area contributed by atoms with E-state index in [1.54, 1.807) is 14.0 Å². The minimum atomic E-state index is -0.559. The zero-order valence-corrected chi connectivity index (χ0v) is 16.7. The maximum absolute atomic E-state index is 12.2. The number of hydrazone groups is 1. The Morgan fingerprint density at radius 2 is 2.12 bits per heavy atom. The molecule has 2 bridgehead atoms. The van der Waals surface area contributed by atoms with Gasteiger partial charge in [0.25, 0.3) is 5.91 Å². The second-order valence-electron chi connectivity index (χ2n) is 7.89. The highest BCUT2D eigenvalue weighted by molar-refractivity contribution is 7.10. The van der Waals surface area contributed by atoms with Crippen LogP contribution in [0.25, 0.3) is 0 Å². The molecule has 2 aliphatic carbocycles. The molecule has 1 heterocycles. The number of rotatable bonds is 5. The van der Waals surface area contributed by atoms with Gasteiger partial charge in [-0.2, -0.15) is 9.47 Å². The Labute approximate surface area is 157 Å². The number of ether oxygens (including phenoxy) is 1.